The van der Waals surface area contributed by atoms with Gasteiger partial charge in [0.1, 0.15) is 23.4 Å². The van der Waals surface area contributed by atoms with Crippen LogP contribution in [0.4, 0.5) is 14.6 Å². The van der Waals surface area contributed by atoms with Crippen molar-refractivity contribution >= 4 is 28.6 Å². The molecule has 40 heavy (non-hydrogen) atoms. The number of H-pyrrole nitrogens is 1. The van der Waals surface area contributed by atoms with Gasteiger partial charge in [0.05, 0.1) is 23.8 Å². The first-order valence-electron chi connectivity index (χ1n) is 14.2. The van der Waals surface area contributed by atoms with Gasteiger partial charge in [-0.2, -0.15) is 0 Å². The number of imidazole rings is 1. The van der Waals surface area contributed by atoms with Gasteiger partial charge in [-0.1, -0.05) is 46.6 Å². The van der Waals surface area contributed by atoms with E-state index in [9.17, 15) is 8.78 Å². The Morgan fingerprint density at radius 2 is 1.93 bits per heavy atom. The molecule has 0 amide bonds. The largest absolute Gasteiger partial charge is 0.383 e. The summed E-state index contributed by atoms with van der Waals surface area (Å²) in [6.45, 7) is 11.1. The molecule has 0 radical (unpaired) electrons. The van der Waals surface area contributed by atoms with Gasteiger partial charge in [0.25, 0.3) is 6.43 Å². The number of rotatable bonds is 7. The van der Waals surface area contributed by atoms with Crippen molar-refractivity contribution in [2.75, 3.05) is 32.9 Å². The molecule has 8 nitrogen and oxygen atoms in total. The molecule has 0 spiro atoms. The lowest BCUT2D eigenvalue weighted by molar-refractivity contribution is 0.149. The van der Waals surface area contributed by atoms with Gasteiger partial charge in [0.2, 0.25) is 0 Å². The number of alkyl halides is 2. The zero-order valence-corrected chi connectivity index (χ0v) is 24.6. The number of pyridine rings is 1. The van der Waals surface area contributed by atoms with Crippen LogP contribution in [0.5, 0.6) is 0 Å². The molecule has 0 aliphatic heterocycles. The standard InChI is InChI=1S/C15H12N6.C10H21N.C3H7F2N.C2H6/c1-2-10-5-17-12-4-3-9(7-21(10)12)11-6-18-15-13(11)14(16)19-8-20-15;1-3-9-11(2)10-7-5-4-6-8-10;1-6-2-3(4)5;1-2/h2-8H,1H2,(H3,16,18,19,20);10H,3-9H2,1-2H3;3,6H,2H2,1H3;1-2H3. The van der Waals surface area contributed by atoms with Crippen LogP contribution in [0.1, 0.15) is 65.0 Å². The fraction of sp³-hybridized carbons (Fsp3) is 0.500. The number of aromatic amines is 1. The molecule has 4 N–H and O–H groups in total. The quantitative estimate of drug-likeness (QED) is 0.235. The van der Waals surface area contributed by atoms with Gasteiger partial charge in [-0.05, 0) is 58.1 Å². The smallest absolute Gasteiger partial charge is 0.250 e. The van der Waals surface area contributed by atoms with Crippen LogP contribution >= 0.6 is 0 Å². The lowest BCUT2D eigenvalue weighted by Crippen LogP contribution is -2.33. The van der Waals surface area contributed by atoms with Crippen LogP contribution in [-0.4, -0.2) is 68.9 Å². The van der Waals surface area contributed by atoms with Crippen molar-refractivity contribution < 1.29 is 8.78 Å². The predicted molar refractivity (Wildman–Crippen MR) is 164 cm³/mol. The van der Waals surface area contributed by atoms with Crippen LogP contribution in [0.25, 0.3) is 33.9 Å². The number of nitrogens with zero attached hydrogens (tertiary/aromatic N) is 5. The summed E-state index contributed by atoms with van der Waals surface area (Å²) in [6, 6.07) is 4.87. The zero-order chi connectivity index (χ0) is 29.5. The fourth-order valence-electron chi connectivity index (χ4n) is 4.74. The zero-order valence-electron chi connectivity index (χ0n) is 24.6. The van der Waals surface area contributed by atoms with Gasteiger partial charge >= 0.3 is 0 Å². The SMILES string of the molecule is C=Cc1cnc2ccc(-c3c[nH]c4ncnc(N)c34)cn12.CC.CCCN(C)C1CCCCC1.CNCC(F)F. The Morgan fingerprint density at radius 3 is 2.52 bits per heavy atom. The maximum absolute atomic E-state index is 11.0. The highest BCUT2D eigenvalue weighted by Crippen LogP contribution is 2.31. The molecular weight excluding hydrogens is 510 g/mol. The van der Waals surface area contributed by atoms with Crippen LogP contribution in [0.15, 0.2) is 43.6 Å². The molecular formula is C30H46F2N8. The van der Waals surface area contributed by atoms with Crippen LogP contribution < -0.4 is 11.1 Å². The van der Waals surface area contributed by atoms with E-state index in [1.807, 2.05) is 42.8 Å². The van der Waals surface area contributed by atoms with Crippen molar-refractivity contribution in [2.24, 2.45) is 0 Å². The second-order valence-electron chi connectivity index (χ2n) is 9.44. The lowest BCUT2D eigenvalue weighted by atomic mass is 9.94. The minimum Gasteiger partial charge on any atom is -0.383 e. The molecule has 4 aromatic rings. The Balaban J connectivity index is 0.000000248. The second kappa shape index (κ2) is 17.3. The number of anilines is 1. The third-order valence-electron chi connectivity index (χ3n) is 6.69. The summed E-state index contributed by atoms with van der Waals surface area (Å²) in [6.07, 6.45) is 15.3. The average molecular weight is 557 g/mol. The van der Waals surface area contributed by atoms with Crippen LogP contribution in [0.2, 0.25) is 0 Å². The van der Waals surface area contributed by atoms with Crippen molar-refractivity contribution in [1.29, 1.82) is 0 Å². The van der Waals surface area contributed by atoms with E-state index in [0.29, 0.717) is 5.82 Å². The Hall–Kier alpha value is -3.37. The van der Waals surface area contributed by atoms with Crippen molar-refractivity contribution in [2.45, 2.75) is 71.8 Å². The number of halogens is 2. The van der Waals surface area contributed by atoms with E-state index < -0.39 is 6.43 Å². The molecule has 4 heterocycles. The summed E-state index contributed by atoms with van der Waals surface area (Å²) in [5.74, 6) is 0.464. The molecule has 0 aromatic carbocycles. The van der Waals surface area contributed by atoms with Crippen molar-refractivity contribution in [3.05, 3.63) is 49.3 Å². The van der Waals surface area contributed by atoms with E-state index in [4.69, 9.17) is 5.73 Å². The average Bonchev–Trinajstić information content (AvgIpc) is 3.60. The molecule has 0 saturated heterocycles. The lowest BCUT2D eigenvalue weighted by Gasteiger charge is -2.30. The normalized spacial score (nSPS) is 13.3. The summed E-state index contributed by atoms with van der Waals surface area (Å²) in [4.78, 5) is 18.2. The van der Waals surface area contributed by atoms with E-state index in [1.54, 1.807) is 12.3 Å². The van der Waals surface area contributed by atoms with Gasteiger partial charge < -0.3 is 20.9 Å². The summed E-state index contributed by atoms with van der Waals surface area (Å²) >= 11 is 0. The number of nitrogens with one attached hydrogen (secondary N) is 2. The van der Waals surface area contributed by atoms with Crippen LogP contribution in [0.3, 0.4) is 0 Å². The highest BCUT2D eigenvalue weighted by atomic mass is 19.3. The maximum Gasteiger partial charge on any atom is 0.250 e. The van der Waals surface area contributed by atoms with Crippen LogP contribution in [-0.2, 0) is 0 Å². The maximum atomic E-state index is 11.0. The van der Waals surface area contributed by atoms with E-state index in [1.165, 1.54) is 58.4 Å². The van der Waals surface area contributed by atoms with Gasteiger partial charge in [-0.3, -0.25) is 4.40 Å². The molecule has 1 fully saturated rings. The van der Waals surface area contributed by atoms with E-state index >= 15 is 0 Å². The van der Waals surface area contributed by atoms with Gasteiger partial charge in [-0.15, -0.1) is 0 Å². The monoisotopic (exact) mass is 556 g/mol. The summed E-state index contributed by atoms with van der Waals surface area (Å²) in [7, 11) is 3.77. The molecule has 1 aliphatic rings. The fourth-order valence-corrected chi connectivity index (χ4v) is 4.74. The molecule has 0 unspecified atom stereocenters. The number of hydrogen-bond donors (Lipinski definition) is 3. The molecule has 5 rings (SSSR count). The summed E-state index contributed by atoms with van der Waals surface area (Å²) in [5.41, 5.74) is 10.5. The highest BCUT2D eigenvalue weighted by Gasteiger charge is 2.16. The Morgan fingerprint density at radius 1 is 1.20 bits per heavy atom. The van der Waals surface area contributed by atoms with E-state index in [-0.39, 0.29) is 6.54 Å². The minimum absolute atomic E-state index is 0.208. The summed E-state index contributed by atoms with van der Waals surface area (Å²) < 4.78 is 23.9. The highest BCUT2D eigenvalue weighted by molar-refractivity contribution is 6.00. The van der Waals surface area contributed by atoms with Crippen molar-refractivity contribution in [3.8, 4) is 11.1 Å². The molecule has 10 heteroatoms. The van der Waals surface area contributed by atoms with E-state index in [2.05, 4.69) is 50.7 Å². The number of nitrogens with two attached hydrogens (primary N) is 1. The van der Waals surface area contributed by atoms with Gasteiger partial charge in [-0.25, -0.2) is 23.7 Å². The first-order chi connectivity index (χ1) is 19.4. The van der Waals surface area contributed by atoms with Gasteiger partial charge in [0.15, 0.2) is 0 Å². The number of nitrogen functional groups attached to an aromatic ring is 1. The third-order valence-corrected chi connectivity index (χ3v) is 6.69. The Bertz CT molecular complexity index is 1280. The Kier molecular flexibility index (Phi) is 14.2. The third kappa shape index (κ3) is 9.09. The topological polar surface area (TPSA) is 100 Å². The molecule has 0 bridgehead atoms. The number of hydrogen-bond acceptors (Lipinski definition) is 6. The second-order valence-corrected chi connectivity index (χ2v) is 9.44. The number of aromatic nitrogens is 5. The number of fused-ring (bicyclic) bond motifs is 2. The van der Waals surface area contributed by atoms with Crippen LogP contribution in [0, 0.1) is 0 Å². The first-order valence-corrected chi connectivity index (χ1v) is 14.2. The molecule has 0 atom stereocenters. The van der Waals surface area contributed by atoms with Gasteiger partial charge in [0, 0.05) is 29.6 Å². The molecule has 1 saturated carbocycles. The Labute approximate surface area is 237 Å². The minimum atomic E-state index is -2.21. The molecule has 220 valence electrons. The molecule has 4 aromatic heterocycles. The predicted octanol–water partition coefficient (Wildman–Crippen LogP) is 6.66. The first kappa shape index (κ1) is 32.8. The van der Waals surface area contributed by atoms with Crippen molar-refractivity contribution in [3.63, 3.8) is 0 Å². The van der Waals surface area contributed by atoms with E-state index in [0.717, 1.165) is 39.5 Å². The molecule has 1 aliphatic carbocycles. The summed E-state index contributed by atoms with van der Waals surface area (Å²) in [5, 5.41) is 3.15. The van der Waals surface area contributed by atoms with Crippen molar-refractivity contribution in [1.82, 2.24) is 34.6 Å².